The van der Waals surface area contributed by atoms with Gasteiger partial charge in [0.1, 0.15) is 12.1 Å². The topological polar surface area (TPSA) is 173 Å². The molecule has 0 unspecified atom stereocenters. The van der Waals surface area contributed by atoms with Gasteiger partial charge in [0.25, 0.3) is 0 Å². The molecule has 0 saturated carbocycles. The number of allylic oxidation sites excluding steroid dienone is 1. The Morgan fingerprint density at radius 2 is 1.88 bits per heavy atom. The molecule has 1 heterocycles. The molecule has 1 aliphatic carbocycles. The van der Waals surface area contributed by atoms with E-state index in [-0.39, 0.29) is 42.3 Å². The van der Waals surface area contributed by atoms with Crippen LogP contribution in [-0.2, 0) is 9.59 Å². The van der Waals surface area contributed by atoms with Crippen LogP contribution in [0.15, 0.2) is 77.4 Å². The van der Waals surface area contributed by atoms with Gasteiger partial charge in [-0.1, -0.05) is 55.8 Å². The maximum atomic E-state index is 11.9. The Balaban J connectivity index is 1.63. The molecule has 2 aromatic carbocycles. The van der Waals surface area contributed by atoms with Crippen LogP contribution >= 0.6 is 0 Å². The average Bonchev–Trinajstić information content (AvgIpc) is 3.50. The molecule has 0 aliphatic heterocycles. The number of aliphatic carboxylic acids is 1. The molecule has 3 aromatic rings. The van der Waals surface area contributed by atoms with Crippen molar-refractivity contribution in [3.63, 3.8) is 0 Å². The molecule has 0 saturated heterocycles. The molecule has 228 valence electrons. The minimum atomic E-state index is -1.05. The highest BCUT2D eigenvalue weighted by Gasteiger charge is 2.30. The molecule has 0 radical (unpaired) electrons. The number of nitrogens with two attached hydrogens (primary N) is 3. The van der Waals surface area contributed by atoms with Crippen LogP contribution < -0.4 is 22.5 Å². The first kappa shape index (κ1) is 31.6. The largest absolute Gasteiger partial charge is 0.478 e. The maximum absolute atomic E-state index is 11.9. The van der Waals surface area contributed by atoms with Crippen molar-refractivity contribution >= 4 is 40.9 Å². The number of nitrogens with zero attached hydrogens (tertiary/aromatic N) is 1. The zero-order valence-electron chi connectivity index (χ0n) is 24.8. The summed E-state index contributed by atoms with van der Waals surface area (Å²) < 4.78 is 0. The number of H-pyrrole nitrogens is 1. The number of aromatic amines is 1. The molecule has 9 N–H and O–H groups in total. The summed E-state index contributed by atoms with van der Waals surface area (Å²) in [6.07, 6.45) is 13.5. The third kappa shape index (κ3) is 9.06. The lowest BCUT2D eigenvalue weighted by Gasteiger charge is -2.34. The number of carboxylic acids is 1. The van der Waals surface area contributed by atoms with E-state index in [0.717, 1.165) is 44.2 Å². The molecule has 0 spiro atoms. The number of carboxylic acid groups (broad SMARTS) is 1. The van der Waals surface area contributed by atoms with Crippen LogP contribution in [-0.4, -0.2) is 46.9 Å². The van der Waals surface area contributed by atoms with Crippen molar-refractivity contribution in [1.29, 1.82) is 0 Å². The fourth-order valence-corrected chi connectivity index (χ4v) is 6.02. The first-order valence-electron chi connectivity index (χ1n) is 15.0. The summed E-state index contributed by atoms with van der Waals surface area (Å²) in [7, 11) is 0. The van der Waals surface area contributed by atoms with Gasteiger partial charge in [-0.2, -0.15) is 0 Å². The summed E-state index contributed by atoms with van der Waals surface area (Å²) in [5, 5.41) is 15.6. The van der Waals surface area contributed by atoms with E-state index in [2.05, 4.69) is 63.8 Å². The predicted octanol–water partition coefficient (Wildman–Crippen LogP) is 5.16. The number of aliphatic imine (C=N–C) groups is 1. The van der Waals surface area contributed by atoms with Crippen LogP contribution in [0.1, 0.15) is 62.5 Å². The lowest BCUT2D eigenvalue weighted by atomic mass is 9.73. The Kier molecular flexibility index (Phi) is 11.2. The minimum absolute atomic E-state index is 0.0233. The van der Waals surface area contributed by atoms with Crippen LogP contribution in [0.25, 0.3) is 16.8 Å². The van der Waals surface area contributed by atoms with E-state index in [0.29, 0.717) is 12.0 Å². The number of nitrogens with one attached hydrogen (secondary N) is 2. The molecule has 0 amide bonds. The average molecular weight is 585 g/mol. The van der Waals surface area contributed by atoms with Gasteiger partial charge >= 0.3 is 5.97 Å². The van der Waals surface area contributed by atoms with Gasteiger partial charge in [0.05, 0.1) is 12.6 Å². The van der Waals surface area contributed by atoms with Crippen molar-refractivity contribution in [1.82, 2.24) is 4.98 Å². The zero-order valence-corrected chi connectivity index (χ0v) is 24.8. The molecule has 1 aliphatic rings. The third-order valence-corrected chi connectivity index (χ3v) is 8.34. The van der Waals surface area contributed by atoms with Crippen LogP contribution in [0.5, 0.6) is 0 Å². The monoisotopic (exact) mass is 584 g/mol. The van der Waals surface area contributed by atoms with Gasteiger partial charge in [-0.25, -0.2) is 9.79 Å². The number of hydrogen-bond donors (Lipinski definition) is 6. The molecule has 5 atom stereocenters. The number of guanidine groups is 1. The van der Waals surface area contributed by atoms with E-state index in [1.807, 2.05) is 25.3 Å². The van der Waals surface area contributed by atoms with Crippen molar-refractivity contribution in [2.24, 2.45) is 34.0 Å². The van der Waals surface area contributed by atoms with E-state index in [4.69, 9.17) is 17.2 Å². The van der Waals surface area contributed by atoms with Crippen LogP contribution in [0.2, 0.25) is 0 Å². The Morgan fingerprint density at radius 3 is 2.56 bits per heavy atom. The van der Waals surface area contributed by atoms with Gasteiger partial charge in [0.15, 0.2) is 5.96 Å². The SMILES string of the molecule is C[C@H](C=O)CC[C@H](N)CCC[C@@H]1c2cc3ccccc3cc2C=C[C@H]1C[C@@H](Nc1ccc[nH]1)/C(=C/C(=O)O)CN=C(N)N. The number of aromatic nitrogens is 1. The number of anilines is 1. The normalized spacial score (nSPS) is 18.4. The highest BCUT2D eigenvalue weighted by atomic mass is 16.4. The second kappa shape index (κ2) is 15.2. The van der Waals surface area contributed by atoms with Gasteiger partial charge in [-0.15, -0.1) is 0 Å². The molecular formula is C34H44N6O3. The van der Waals surface area contributed by atoms with Crippen molar-refractivity contribution < 1.29 is 14.7 Å². The lowest BCUT2D eigenvalue weighted by molar-refractivity contribution is -0.131. The number of fused-ring (bicyclic) bond motifs is 2. The Hall–Kier alpha value is -4.37. The Labute approximate surface area is 253 Å². The second-order valence-corrected chi connectivity index (χ2v) is 11.7. The molecule has 9 heteroatoms. The van der Waals surface area contributed by atoms with E-state index in [9.17, 15) is 14.7 Å². The zero-order chi connectivity index (χ0) is 30.8. The Morgan fingerprint density at radius 1 is 1.12 bits per heavy atom. The number of aldehydes is 1. The van der Waals surface area contributed by atoms with E-state index < -0.39 is 5.97 Å². The van der Waals surface area contributed by atoms with Crippen molar-refractivity contribution in [3.8, 4) is 0 Å². The number of benzene rings is 2. The van der Waals surface area contributed by atoms with E-state index >= 15 is 0 Å². The standard InChI is InChI=1S/C34H44N6O3/c1-22(21-41)11-14-28(35)8-4-9-29-26(13-12-25-16-23-6-2-3-7-24(23)17-30(25)29)18-31(40-32-10-5-15-38-32)27(19-33(42)43)20-39-34(36)37/h2-3,5-7,10,12-13,15-17,19,21-22,26,28-29,31,38,40H,4,8-9,11,14,18,20,35H2,1H3,(H,42,43)(H4,36,37,39)/b27-19+/t22-,26-,28+,29-,31+/m0/s1. The third-order valence-electron chi connectivity index (χ3n) is 8.34. The van der Waals surface area contributed by atoms with Crippen molar-refractivity contribution in [2.45, 2.75) is 63.5 Å². The molecule has 9 nitrogen and oxygen atoms in total. The van der Waals surface area contributed by atoms with Gasteiger partial charge < -0.3 is 37.4 Å². The van der Waals surface area contributed by atoms with E-state index in [1.54, 1.807) is 0 Å². The van der Waals surface area contributed by atoms with Crippen LogP contribution in [0.3, 0.4) is 0 Å². The first-order chi connectivity index (χ1) is 20.7. The van der Waals surface area contributed by atoms with E-state index in [1.165, 1.54) is 28.0 Å². The van der Waals surface area contributed by atoms with Gasteiger partial charge in [0, 0.05) is 24.2 Å². The number of hydrogen-bond acceptors (Lipinski definition) is 5. The molecular weight excluding hydrogens is 540 g/mol. The van der Waals surface area contributed by atoms with Gasteiger partial charge in [-0.3, -0.25) is 0 Å². The summed E-state index contributed by atoms with van der Waals surface area (Å²) in [6.45, 7) is 2.00. The summed E-state index contributed by atoms with van der Waals surface area (Å²) in [6, 6.07) is 16.4. The number of carbonyl (C=O) groups is 2. The highest BCUT2D eigenvalue weighted by Crippen LogP contribution is 2.42. The highest BCUT2D eigenvalue weighted by molar-refractivity contribution is 5.87. The quantitative estimate of drug-likeness (QED) is 0.0583. The summed E-state index contributed by atoms with van der Waals surface area (Å²) in [5.74, 6) is -0.0226. The summed E-state index contributed by atoms with van der Waals surface area (Å²) in [5.41, 5.74) is 20.8. The number of rotatable bonds is 16. The molecule has 0 bridgehead atoms. The second-order valence-electron chi connectivity index (χ2n) is 11.7. The molecule has 0 fully saturated rings. The van der Waals surface area contributed by atoms with Crippen LogP contribution in [0.4, 0.5) is 5.82 Å². The lowest BCUT2D eigenvalue weighted by Crippen LogP contribution is -2.31. The van der Waals surface area contributed by atoms with Crippen LogP contribution in [0, 0.1) is 11.8 Å². The molecule has 4 rings (SSSR count). The fraction of sp³-hybridized carbons (Fsp3) is 0.382. The summed E-state index contributed by atoms with van der Waals surface area (Å²) in [4.78, 5) is 30.2. The number of carbonyl (C=O) groups excluding carboxylic acids is 1. The fourth-order valence-electron chi connectivity index (χ4n) is 6.02. The van der Waals surface area contributed by atoms with Crippen molar-refractivity contribution in [2.75, 3.05) is 11.9 Å². The van der Waals surface area contributed by atoms with Crippen molar-refractivity contribution in [3.05, 3.63) is 83.6 Å². The maximum Gasteiger partial charge on any atom is 0.328 e. The molecule has 43 heavy (non-hydrogen) atoms. The molecule has 1 aromatic heterocycles. The summed E-state index contributed by atoms with van der Waals surface area (Å²) >= 11 is 0. The Bertz CT molecular complexity index is 1460. The smallest absolute Gasteiger partial charge is 0.328 e. The van der Waals surface area contributed by atoms with Gasteiger partial charge in [0.2, 0.25) is 0 Å². The van der Waals surface area contributed by atoms with Gasteiger partial charge in [-0.05, 0) is 89.6 Å². The predicted molar refractivity (Wildman–Crippen MR) is 175 cm³/mol. The minimum Gasteiger partial charge on any atom is -0.478 e. The first-order valence-corrected chi connectivity index (χ1v) is 15.0.